The number of aldehydes is 1. The predicted octanol–water partition coefficient (Wildman–Crippen LogP) is 2.11. The molecule has 0 heterocycles. The molecule has 0 fully saturated rings. The first-order valence-electron chi connectivity index (χ1n) is 5.87. The molecular weight excluding hydrogens is 259 g/mol. The zero-order valence-electron chi connectivity index (χ0n) is 10.6. The number of methoxy groups -OCH3 is 1. The third-order valence-corrected chi connectivity index (χ3v) is 3.98. The van der Waals surface area contributed by atoms with Crippen LogP contribution in [0, 0.1) is 0 Å². The van der Waals surface area contributed by atoms with Crippen molar-refractivity contribution in [2.75, 3.05) is 13.9 Å². The van der Waals surface area contributed by atoms with Gasteiger partial charge in [-0.25, -0.2) is 0 Å². The highest BCUT2D eigenvalue weighted by atomic mass is 31.1. The maximum atomic E-state index is 11.0. The summed E-state index contributed by atoms with van der Waals surface area (Å²) < 4.78 is 10.4. The lowest BCUT2D eigenvalue weighted by molar-refractivity contribution is 0.0519. The highest BCUT2D eigenvalue weighted by molar-refractivity contribution is 7.56. The first-order chi connectivity index (χ1) is 9.35. The van der Waals surface area contributed by atoms with Crippen LogP contribution < -0.4 is 15.3 Å². The molecule has 0 aliphatic heterocycles. The molecule has 0 N–H and O–H groups in total. The SMILES string of the molecule is COCOc1ccccc1Pc1ccccc1C=O. The van der Waals surface area contributed by atoms with E-state index in [1.807, 2.05) is 48.5 Å². The van der Waals surface area contributed by atoms with Gasteiger partial charge in [0, 0.05) is 18.0 Å². The van der Waals surface area contributed by atoms with Gasteiger partial charge >= 0.3 is 0 Å². The molecule has 19 heavy (non-hydrogen) atoms. The molecule has 2 aromatic rings. The molecule has 0 aliphatic carbocycles. The first kappa shape index (κ1) is 13.7. The van der Waals surface area contributed by atoms with Crippen LogP contribution in [-0.4, -0.2) is 20.2 Å². The van der Waals surface area contributed by atoms with Crippen LogP contribution >= 0.6 is 8.58 Å². The Morgan fingerprint density at radius 3 is 2.47 bits per heavy atom. The predicted molar refractivity (Wildman–Crippen MR) is 78.4 cm³/mol. The minimum atomic E-state index is 0.219. The second-order valence-corrected chi connectivity index (χ2v) is 5.20. The van der Waals surface area contributed by atoms with Crippen molar-refractivity contribution in [3.8, 4) is 5.75 Å². The number of carbonyl (C=O) groups is 1. The number of carbonyl (C=O) groups excluding carboxylic acids is 1. The minimum absolute atomic E-state index is 0.219. The molecular formula is C15H15O3P. The van der Waals surface area contributed by atoms with Crippen LogP contribution in [0.3, 0.4) is 0 Å². The molecule has 3 nitrogen and oxygen atoms in total. The van der Waals surface area contributed by atoms with Gasteiger partial charge in [-0.15, -0.1) is 0 Å². The van der Waals surface area contributed by atoms with Crippen molar-refractivity contribution in [1.82, 2.24) is 0 Å². The van der Waals surface area contributed by atoms with Crippen LogP contribution in [0.4, 0.5) is 0 Å². The number of ether oxygens (including phenoxy) is 2. The largest absolute Gasteiger partial charge is 0.467 e. The maximum absolute atomic E-state index is 11.0. The summed E-state index contributed by atoms with van der Waals surface area (Å²) in [5.41, 5.74) is 0.724. The monoisotopic (exact) mass is 274 g/mol. The summed E-state index contributed by atoms with van der Waals surface area (Å²) in [5, 5.41) is 2.08. The molecule has 0 saturated heterocycles. The van der Waals surface area contributed by atoms with Crippen LogP contribution in [0.5, 0.6) is 5.75 Å². The summed E-state index contributed by atoms with van der Waals surface area (Å²) in [5.74, 6) is 0.795. The highest BCUT2D eigenvalue weighted by Gasteiger charge is 2.07. The summed E-state index contributed by atoms with van der Waals surface area (Å²) in [7, 11) is 1.97. The number of benzene rings is 2. The first-order valence-corrected chi connectivity index (χ1v) is 6.87. The van der Waals surface area contributed by atoms with Crippen LogP contribution in [0.2, 0.25) is 0 Å². The van der Waals surface area contributed by atoms with E-state index >= 15 is 0 Å². The van der Waals surface area contributed by atoms with E-state index < -0.39 is 0 Å². The number of hydrogen-bond acceptors (Lipinski definition) is 3. The standard InChI is InChI=1S/C15H15O3P/c1-17-11-18-13-7-3-5-9-15(13)19-14-8-4-2-6-12(14)10-16/h2-10,19H,11H2,1H3. The van der Waals surface area contributed by atoms with Crippen LogP contribution in [0.15, 0.2) is 48.5 Å². The molecule has 0 aromatic heterocycles. The Bertz CT molecular complexity index is 555. The lowest BCUT2D eigenvalue weighted by Gasteiger charge is -2.11. The zero-order chi connectivity index (χ0) is 13.5. The lowest BCUT2D eigenvalue weighted by Crippen LogP contribution is -2.12. The third kappa shape index (κ3) is 3.63. The van der Waals surface area contributed by atoms with Crippen molar-refractivity contribution < 1.29 is 14.3 Å². The second kappa shape index (κ2) is 7.03. The molecule has 1 atom stereocenters. The van der Waals surface area contributed by atoms with E-state index in [0.717, 1.165) is 28.2 Å². The van der Waals surface area contributed by atoms with Crippen molar-refractivity contribution in [2.45, 2.75) is 0 Å². The van der Waals surface area contributed by atoms with E-state index in [1.165, 1.54) is 0 Å². The molecule has 0 aliphatic rings. The average molecular weight is 274 g/mol. The Labute approximate surface area is 114 Å². The van der Waals surface area contributed by atoms with Gasteiger partial charge in [-0.05, 0) is 11.4 Å². The second-order valence-electron chi connectivity index (χ2n) is 3.88. The van der Waals surface area contributed by atoms with Gasteiger partial charge in [0.2, 0.25) is 0 Å². The molecule has 0 saturated carbocycles. The van der Waals surface area contributed by atoms with Crippen LogP contribution in [0.1, 0.15) is 10.4 Å². The van der Waals surface area contributed by atoms with E-state index in [1.54, 1.807) is 7.11 Å². The van der Waals surface area contributed by atoms with Gasteiger partial charge in [0.1, 0.15) is 5.75 Å². The zero-order valence-corrected chi connectivity index (χ0v) is 11.6. The molecule has 0 spiro atoms. The normalized spacial score (nSPS) is 10.8. The smallest absolute Gasteiger partial charge is 0.188 e. The van der Waals surface area contributed by atoms with Gasteiger partial charge in [0.15, 0.2) is 13.1 Å². The van der Waals surface area contributed by atoms with E-state index in [2.05, 4.69) is 0 Å². The fourth-order valence-electron chi connectivity index (χ4n) is 1.68. The van der Waals surface area contributed by atoms with Gasteiger partial charge in [-0.2, -0.15) is 0 Å². The third-order valence-electron chi connectivity index (χ3n) is 2.58. The quantitative estimate of drug-likeness (QED) is 0.460. The Morgan fingerprint density at radius 1 is 1.05 bits per heavy atom. The molecule has 4 heteroatoms. The molecule has 2 aromatic carbocycles. The van der Waals surface area contributed by atoms with Crippen molar-refractivity contribution in [3.63, 3.8) is 0 Å². The van der Waals surface area contributed by atoms with Gasteiger partial charge in [-0.1, -0.05) is 51.0 Å². The van der Waals surface area contributed by atoms with Crippen molar-refractivity contribution in [1.29, 1.82) is 0 Å². The molecule has 0 radical (unpaired) electrons. The Kier molecular flexibility index (Phi) is 5.08. The maximum Gasteiger partial charge on any atom is 0.188 e. The van der Waals surface area contributed by atoms with E-state index in [-0.39, 0.29) is 6.79 Å². The Balaban J connectivity index is 2.25. The number of hydrogen-bond donors (Lipinski definition) is 0. The molecule has 98 valence electrons. The Hall–Kier alpha value is -1.70. The molecule has 1 unspecified atom stereocenters. The van der Waals surface area contributed by atoms with Crippen LogP contribution in [0.25, 0.3) is 0 Å². The fourth-order valence-corrected chi connectivity index (χ4v) is 2.89. The van der Waals surface area contributed by atoms with Gasteiger partial charge in [0.05, 0.1) is 0 Å². The average Bonchev–Trinajstić information content (AvgIpc) is 2.47. The molecule has 0 bridgehead atoms. The molecule has 0 amide bonds. The number of para-hydroxylation sites is 1. The van der Waals surface area contributed by atoms with Gasteiger partial charge in [0.25, 0.3) is 0 Å². The van der Waals surface area contributed by atoms with Crippen molar-refractivity contribution in [3.05, 3.63) is 54.1 Å². The van der Waals surface area contributed by atoms with Crippen LogP contribution in [-0.2, 0) is 4.74 Å². The van der Waals surface area contributed by atoms with Crippen molar-refractivity contribution in [2.24, 2.45) is 0 Å². The summed E-state index contributed by atoms with van der Waals surface area (Å²) in [4.78, 5) is 11.0. The summed E-state index contributed by atoms with van der Waals surface area (Å²) in [6.07, 6.45) is 0.890. The summed E-state index contributed by atoms with van der Waals surface area (Å²) in [6, 6.07) is 15.4. The summed E-state index contributed by atoms with van der Waals surface area (Å²) >= 11 is 0. The van der Waals surface area contributed by atoms with Gasteiger partial charge in [-0.3, -0.25) is 4.79 Å². The summed E-state index contributed by atoms with van der Waals surface area (Å²) in [6.45, 7) is 0.219. The lowest BCUT2D eigenvalue weighted by atomic mass is 10.2. The number of rotatable bonds is 6. The van der Waals surface area contributed by atoms with Crippen molar-refractivity contribution >= 4 is 25.5 Å². The fraction of sp³-hybridized carbons (Fsp3) is 0.133. The molecule has 2 rings (SSSR count). The topological polar surface area (TPSA) is 35.5 Å². The Morgan fingerprint density at radius 2 is 1.74 bits per heavy atom. The van der Waals surface area contributed by atoms with E-state index in [9.17, 15) is 4.79 Å². The van der Waals surface area contributed by atoms with Gasteiger partial charge < -0.3 is 9.47 Å². The van der Waals surface area contributed by atoms with E-state index in [0.29, 0.717) is 8.58 Å². The minimum Gasteiger partial charge on any atom is -0.467 e. The van der Waals surface area contributed by atoms with E-state index in [4.69, 9.17) is 9.47 Å². The highest BCUT2D eigenvalue weighted by Crippen LogP contribution is 2.20.